The summed E-state index contributed by atoms with van der Waals surface area (Å²) in [6, 6.07) is 3.15. The number of carbonyl (C=O) groups excluding carboxylic acids is 2. The molecule has 2 unspecified atom stereocenters. The molecule has 2 amide bonds. The number of rotatable bonds is 4. The molecular weight excluding hydrogens is 360 g/mol. The van der Waals surface area contributed by atoms with Gasteiger partial charge in [0.1, 0.15) is 5.60 Å². The van der Waals surface area contributed by atoms with E-state index in [9.17, 15) is 19.8 Å². The summed E-state index contributed by atoms with van der Waals surface area (Å²) < 4.78 is 0. The number of benzene rings is 1. The normalized spacial score (nSPS) is 28.2. The number of β-amino-alcohol motifs (C(OH)–C–C–N with tert-alkyl or cyclic N) is 1. The molecular formula is C20H26N4O4. The highest BCUT2D eigenvalue weighted by Gasteiger charge is 2.46. The number of hydrogen-bond acceptors (Lipinski definition) is 5. The molecule has 2 fully saturated rings. The van der Waals surface area contributed by atoms with Crippen LogP contribution in [0.3, 0.4) is 0 Å². The Kier molecular flexibility index (Phi) is 4.63. The molecule has 4 N–H and O–H groups in total. The fraction of sp³-hybridized carbons (Fsp3) is 0.550. The van der Waals surface area contributed by atoms with E-state index in [1.54, 1.807) is 24.1 Å². The summed E-state index contributed by atoms with van der Waals surface area (Å²) in [6.07, 6.45) is 2.73. The zero-order chi connectivity index (χ0) is 20.1. The van der Waals surface area contributed by atoms with Gasteiger partial charge in [-0.25, -0.2) is 0 Å². The van der Waals surface area contributed by atoms with Crippen molar-refractivity contribution in [2.75, 3.05) is 13.1 Å². The average molecular weight is 386 g/mol. The molecule has 1 saturated carbocycles. The summed E-state index contributed by atoms with van der Waals surface area (Å²) in [4.78, 5) is 26.9. The summed E-state index contributed by atoms with van der Waals surface area (Å²) >= 11 is 0. The van der Waals surface area contributed by atoms with Crippen molar-refractivity contribution in [3.05, 3.63) is 29.5 Å². The maximum Gasteiger partial charge on any atom is 0.251 e. The topological polar surface area (TPSA) is 119 Å². The van der Waals surface area contributed by atoms with Crippen LogP contribution in [0.25, 0.3) is 10.9 Å². The lowest BCUT2D eigenvalue weighted by atomic mass is 9.81. The van der Waals surface area contributed by atoms with Crippen LogP contribution < -0.4 is 5.32 Å². The molecule has 2 atom stereocenters. The molecule has 2 aromatic rings. The van der Waals surface area contributed by atoms with Gasteiger partial charge in [-0.1, -0.05) is 0 Å². The third kappa shape index (κ3) is 3.27. The van der Waals surface area contributed by atoms with E-state index in [2.05, 4.69) is 15.5 Å². The summed E-state index contributed by atoms with van der Waals surface area (Å²) in [6.45, 7) is 4.28. The van der Waals surface area contributed by atoms with Crippen LogP contribution in [0.5, 0.6) is 0 Å². The standard InChI is InChI=1S/C20H26N4O4/c1-11-5-14-9-21-23-17(14)8-16(11)18(26)22-12(2)20(28)3-4-24(10-20)19(27)13-6-15(25)7-13/h5,8-9,12-13,15,25,28H,3-4,6-7,10H2,1-2H3,(H,21,23)(H,22,26). The van der Waals surface area contributed by atoms with Crippen molar-refractivity contribution in [1.29, 1.82) is 0 Å². The monoisotopic (exact) mass is 386 g/mol. The van der Waals surface area contributed by atoms with E-state index in [0.29, 0.717) is 31.4 Å². The molecule has 1 aromatic heterocycles. The Morgan fingerprint density at radius 3 is 2.86 bits per heavy atom. The fourth-order valence-corrected chi connectivity index (χ4v) is 4.16. The molecule has 0 radical (unpaired) electrons. The van der Waals surface area contributed by atoms with Crippen molar-refractivity contribution in [3.63, 3.8) is 0 Å². The van der Waals surface area contributed by atoms with Gasteiger partial charge in [-0.15, -0.1) is 0 Å². The molecule has 1 aromatic carbocycles. The lowest BCUT2D eigenvalue weighted by Crippen LogP contribution is -2.53. The second kappa shape index (κ2) is 6.86. The Bertz CT molecular complexity index is 920. The van der Waals surface area contributed by atoms with Gasteiger partial charge in [0.05, 0.1) is 30.4 Å². The number of aromatic amines is 1. The summed E-state index contributed by atoms with van der Waals surface area (Å²) in [5.41, 5.74) is 0.973. The Morgan fingerprint density at radius 2 is 2.14 bits per heavy atom. The molecule has 1 saturated heterocycles. The maximum atomic E-state index is 12.8. The second-order valence-electron chi connectivity index (χ2n) is 8.26. The molecule has 8 heteroatoms. The summed E-state index contributed by atoms with van der Waals surface area (Å²) in [5, 5.41) is 31.1. The zero-order valence-corrected chi connectivity index (χ0v) is 16.1. The number of aryl methyl sites for hydroxylation is 1. The number of amides is 2. The highest BCUT2D eigenvalue weighted by Crippen LogP contribution is 2.33. The van der Waals surface area contributed by atoms with Gasteiger partial charge in [-0.05, 0) is 50.8 Å². The minimum absolute atomic E-state index is 0.0136. The van der Waals surface area contributed by atoms with Gasteiger partial charge in [0.25, 0.3) is 5.91 Å². The molecule has 2 aliphatic rings. The van der Waals surface area contributed by atoms with Gasteiger partial charge < -0.3 is 20.4 Å². The van der Waals surface area contributed by atoms with Gasteiger partial charge >= 0.3 is 0 Å². The van der Waals surface area contributed by atoms with Gasteiger partial charge in [-0.2, -0.15) is 5.10 Å². The lowest BCUT2D eigenvalue weighted by Gasteiger charge is -2.35. The van der Waals surface area contributed by atoms with Crippen molar-refractivity contribution in [2.45, 2.75) is 50.9 Å². The first-order chi connectivity index (χ1) is 13.3. The third-order valence-corrected chi connectivity index (χ3v) is 6.24. The number of likely N-dealkylation sites (tertiary alicyclic amines) is 1. The van der Waals surface area contributed by atoms with Crippen LogP contribution in [0, 0.1) is 12.8 Å². The van der Waals surface area contributed by atoms with Crippen molar-refractivity contribution in [1.82, 2.24) is 20.4 Å². The Hall–Kier alpha value is -2.45. The van der Waals surface area contributed by atoms with E-state index in [4.69, 9.17) is 0 Å². The predicted octanol–water partition coefficient (Wildman–Crippen LogP) is 0.724. The van der Waals surface area contributed by atoms with Crippen LogP contribution in [-0.4, -0.2) is 68.0 Å². The third-order valence-electron chi connectivity index (χ3n) is 6.24. The Labute approximate surface area is 162 Å². The summed E-state index contributed by atoms with van der Waals surface area (Å²) in [7, 11) is 0. The maximum absolute atomic E-state index is 12.8. The number of H-pyrrole nitrogens is 1. The zero-order valence-electron chi connectivity index (χ0n) is 16.1. The lowest BCUT2D eigenvalue weighted by molar-refractivity contribution is -0.142. The minimum atomic E-state index is -1.17. The van der Waals surface area contributed by atoms with E-state index in [1.807, 2.05) is 13.0 Å². The molecule has 8 nitrogen and oxygen atoms in total. The number of hydrogen-bond donors (Lipinski definition) is 4. The molecule has 150 valence electrons. The SMILES string of the molecule is Cc1cc2cn[nH]c2cc1C(=O)NC(C)C1(O)CCN(C(=O)C2CC(O)C2)C1. The van der Waals surface area contributed by atoms with Crippen molar-refractivity contribution < 1.29 is 19.8 Å². The number of aliphatic hydroxyl groups excluding tert-OH is 1. The molecule has 2 heterocycles. The quantitative estimate of drug-likeness (QED) is 0.618. The molecule has 28 heavy (non-hydrogen) atoms. The molecule has 0 bridgehead atoms. The minimum Gasteiger partial charge on any atom is -0.393 e. The number of nitrogens with zero attached hydrogens (tertiary/aromatic N) is 2. The number of aliphatic hydroxyl groups is 2. The van der Waals surface area contributed by atoms with Crippen LogP contribution in [0.2, 0.25) is 0 Å². The first-order valence-corrected chi connectivity index (χ1v) is 9.70. The molecule has 0 spiro atoms. The van der Waals surface area contributed by atoms with E-state index in [-0.39, 0.29) is 30.4 Å². The Balaban J connectivity index is 1.42. The largest absolute Gasteiger partial charge is 0.393 e. The van der Waals surface area contributed by atoms with Gasteiger partial charge in [0.2, 0.25) is 5.91 Å². The molecule has 1 aliphatic heterocycles. The van der Waals surface area contributed by atoms with E-state index in [0.717, 1.165) is 16.5 Å². The van der Waals surface area contributed by atoms with Gasteiger partial charge in [0.15, 0.2) is 0 Å². The van der Waals surface area contributed by atoms with Crippen molar-refractivity contribution >= 4 is 22.7 Å². The molecule has 4 rings (SSSR count). The smallest absolute Gasteiger partial charge is 0.251 e. The predicted molar refractivity (Wildman–Crippen MR) is 103 cm³/mol. The van der Waals surface area contributed by atoms with Crippen molar-refractivity contribution in [2.24, 2.45) is 5.92 Å². The average Bonchev–Trinajstić information content (AvgIpc) is 3.24. The van der Waals surface area contributed by atoms with Crippen LogP contribution in [0.1, 0.15) is 42.1 Å². The van der Waals surface area contributed by atoms with Crippen molar-refractivity contribution in [3.8, 4) is 0 Å². The Morgan fingerprint density at radius 1 is 1.39 bits per heavy atom. The number of aromatic nitrogens is 2. The van der Waals surface area contributed by atoms with Crippen LogP contribution >= 0.6 is 0 Å². The van der Waals surface area contributed by atoms with E-state index >= 15 is 0 Å². The second-order valence-corrected chi connectivity index (χ2v) is 8.26. The number of fused-ring (bicyclic) bond motifs is 1. The fourth-order valence-electron chi connectivity index (χ4n) is 4.16. The van der Waals surface area contributed by atoms with Crippen LogP contribution in [0.15, 0.2) is 18.3 Å². The molecule has 1 aliphatic carbocycles. The summed E-state index contributed by atoms with van der Waals surface area (Å²) in [5.74, 6) is -0.423. The van der Waals surface area contributed by atoms with E-state index in [1.165, 1.54) is 0 Å². The van der Waals surface area contributed by atoms with Gasteiger partial charge in [-0.3, -0.25) is 14.7 Å². The van der Waals surface area contributed by atoms with Crippen LogP contribution in [0.4, 0.5) is 0 Å². The highest BCUT2D eigenvalue weighted by atomic mass is 16.3. The van der Waals surface area contributed by atoms with Gasteiger partial charge in [0, 0.05) is 23.4 Å². The highest BCUT2D eigenvalue weighted by molar-refractivity contribution is 5.99. The van der Waals surface area contributed by atoms with Crippen LogP contribution in [-0.2, 0) is 4.79 Å². The first kappa shape index (κ1) is 18.9. The first-order valence-electron chi connectivity index (χ1n) is 9.70. The van der Waals surface area contributed by atoms with E-state index < -0.39 is 11.6 Å². The number of carbonyl (C=O) groups is 2. The number of nitrogens with one attached hydrogen (secondary N) is 2.